The Morgan fingerprint density at radius 2 is 2.22 bits per heavy atom. The zero-order valence-electron chi connectivity index (χ0n) is 9.47. The molecule has 1 aromatic rings. The fourth-order valence-corrected chi connectivity index (χ4v) is 1.17. The third-order valence-electron chi connectivity index (χ3n) is 2.00. The smallest absolute Gasteiger partial charge is 0.300 e. The Labute approximate surface area is 102 Å². The van der Waals surface area contributed by atoms with E-state index in [1.807, 2.05) is 0 Å². The molecule has 0 aliphatic heterocycles. The minimum Gasteiger partial charge on any atom is -0.373 e. The lowest BCUT2D eigenvalue weighted by atomic mass is 10.2. The van der Waals surface area contributed by atoms with Gasteiger partial charge in [0, 0.05) is 13.1 Å². The minimum absolute atomic E-state index is 0.194. The number of hydrogen-bond donors (Lipinski definition) is 3. The standard InChI is InChI=1S/C9H11N5O4/c1-11-8-2-5(6(3-12-8)14(17)18)9(16)13-4-7(10)15/h2-3H,4H2,1H3,(H2,10,15)(H,11,12)(H,13,16). The molecule has 0 radical (unpaired) electrons. The maximum absolute atomic E-state index is 11.7. The van der Waals surface area contributed by atoms with E-state index in [0.717, 1.165) is 6.20 Å². The van der Waals surface area contributed by atoms with Crippen molar-refractivity contribution in [2.24, 2.45) is 5.73 Å². The van der Waals surface area contributed by atoms with Crippen LogP contribution in [0.3, 0.4) is 0 Å². The van der Waals surface area contributed by atoms with E-state index in [1.54, 1.807) is 7.05 Å². The second-order valence-electron chi connectivity index (χ2n) is 3.24. The van der Waals surface area contributed by atoms with E-state index in [9.17, 15) is 19.7 Å². The van der Waals surface area contributed by atoms with Gasteiger partial charge >= 0.3 is 0 Å². The number of hydrogen-bond acceptors (Lipinski definition) is 6. The van der Waals surface area contributed by atoms with Crippen molar-refractivity contribution in [3.05, 3.63) is 27.9 Å². The molecular weight excluding hydrogens is 242 g/mol. The van der Waals surface area contributed by atoms with Gasteiger partial charge in [0.15, 0.2) is 0 Å². The molecule has 9 nitrogen and oxygen atoms in total. The molecule has 1 rings (SSSR count). The molecule has 0 unspecified atom stereocenters. The van der Waals surface area contributed by atoms with Gasteiger partial charge in [-0.3, -0.25) is 19.7 Å². The lowest BCUT2D eigenvalue weighted by Crippen LogP contribution is -2.33. The largest absolute Gasteiger partial charge is 0.373 e. The van der Waals surface area contributed by atoms with Crippen LogP contribution in [-0.4, -0.2) is 35.3 Å². The second kappa shape index (κ2) is 5.57. The van der Waals surface area contributed by atoms with E-state index in [1.165, 1.54) is 6.07 Å². The normalized spacial score (nSPS) is 9.61. The van der Waals surface area contributed by atoms with Gasteiger partial charge in [-0.25, -0.2) is 4.98 Å². The molecular formula is C9H11N5O4. The minimum atomic E-state index is -0.764. The monoisotopic (exact) mass is 253 g/mol. The van der Waals surface area contributed by atoms with Crippen molar-refractivity contribution >= 4 is 23.3 Å². The molecule has 0 atom stereocenters. The molecule has 0 bridgehead atoms. The van der Waals surface area contributed by atoms with Crippen LogP contribution >= 0.6 is 0 Å². The predicted octanol–water partition coefficient (Wildman–Crippen LogP) is -0.753. The topological polar surface area (TPSA) is 140 Å². The summed E-state index contributed by atoms with van der Waals surface area (Å²) in [6, 6.07) is 1.22. The first-order chi connectivity index (χ1) is 8.45. The summed E-state index contributed by atoms with van der Waals surface area (Å²) in [5, 5.41) is 15.6. The van der Waals surface area contributed by atoms with Gasteiger partial charge in [-0.15, -0.1) is 0 Å². The number of nitrogens with one attached hydrogen (secondary N) is 2. The number of nitro groups is 1. The summed E-state index contributed by atoms with van der Waals surface area (Å²) in [5.74, 6) is -1.21. The highest BCUT2D eigenvalue weighted by Gasteiger charge is 2.21. The maximum Gasteiger partial charge on any atom is 0.300 e. The third-order valence-corrected chi connectivity index (χ3v) is 2.00. The number of nitrogens with two attached hydrogens (primary N) is 1. The van der Waals surface area contributed by atoms with Crippen LogP contribution in [-0.2, 0) is 4.79 Å². The van der Waals surface area contributed by atoms with Crippen LogP contribution in [0.5, 0.6) is 0 Å². The number of anilines is 1. The number of carbonyl (C=O) groups excluding carboxylic acids is 2. The Hall–Kier alpha value is -2.71. The molecule has 18 heavy (non-hydrogen) atoms. The average molecular weight is 253 g/mol. The summed E-state index contributed by atoms with van der Waals surface area (Å²) >= 11 is 0. The van der Waals surface area contributed by atoms with Gasteiger partial charge in [-0.1, -0.05) is 0 Å². The number of pyridine rings is 1. The Kier molecular flexibility index (Phi) is 4.13. The summed E-state index contributed by atoms with van der Waals surface area (Å²) in [7, 11) is 1.55. The first-order valence-electron chi connectivity index (χ1n) is 4.84. The second-order valence-corrected chi connectivity index (χ2v) is 3.24. The summed E-state index contributed by atoms with van der Waals surface area (Å²) in [4.78, 5) is 35.9. The SMILES string of the molecule is CNc1cc(C(=O)NCC(N)=O)c([N+](=O)[O-])cn1. The van der Waals surface area contributed by atoms with Gasteiger partial charge in [-0.05, 0) is 0 Å². The first kappa shape index (κ1) is 13.4. The summed E-state index contributed by atoms with van der Waals surface area (Å²) in [6.07, 6.45) is 0.963. The van der Waals surface area contributed by atoms with Gasteiger partial charge in [-0.2, -0.15) is 0 Å². The first-order valence-corrected chi connectivity index (χ1v) is 4.84. The average Bonchev–Trinajstić information content (AvgIpc) is 2.34. The maximum atomic E-state index is 11.7. The van der Waals surface area contributed by atoms with Crippen molar-refractivity contribution in [1.82, 2.24) is 10.3 Å². The van der Waals surface area contributed by atoms with Crippen molar-refractivity contribution < 1.29 is 14.5 Å². The van der Waals surface area contributed by atoms with Crippen molar-refractivity contribution in [2.45, 2.75) is 0 Å². The Bertz CT molecular complexity index is 502. The molecule has 1 heterocycles. The number of rotatable bonds is 5. The van der Waals surface area contributed by atoms with Crippen LogP contribution in [0.15, 0.2) is 12.3 Å². The number of carbonyl (C=O) groups is 2. The Morgan fingerprint density at radius 3 is 2.72 bits per heavy atom. The van der Waals surface area contributed by atoms with Crippen LogP contribution in [0.4, 0.5) is 11.5 Å². The predicted molar refractivity (Wildman–Crippen MR) is 62.0 cm³/mol. The summed E-state index contributed by atoms with van der Waals surface area (Å²) in [6.45, 7) is -0.396. The molecule has 0 saturated carbocycles. The molecule has 0 spiro atoms. The molecule has 2 amide bonds. The van der Waals surface area contributed by atoms with E-state index in [4.69, 9.17) is 5.73 Å². The number of primary amides is 1. The molecule has 0 aromatic carbocycles. The molecule has 4 N–H and O–H groups in total. The summed E-state index contributed by atoms with van der Waals surface area (Å²) in [5.41, 5.74) is 4.22. The van der Waals surface area contributed by atoms with E-state index < -0.39 is 29.0 Å². The van der Waals surface area contributed by atoms with E-state index in [2.05, 4.69) is 15.6 Å². The molecule has 0 fully saturated rings. The fraction of sp³-hybridized carbons (Fsp3) is 0.222. The quantitative estimate of drug-likeness (QED) is 0.465. The zero-order chi connectivity index (χ0) is 13.7. The van der Waals surface area contributed by atoms with E-state index in [-0.39, 0.29) is 5.56 Å². The lowest BCUT2D eigenvalue weighted by Gasteiger charge is -2.05. The van der Waals surface area contributed by atoms with Crippen LogP contribution in [0.2, 0.25) is 0 Å². The van der Waals surface area contributed by atoms with Crippen LogP contribution in [0.25, 0.3) is 0 Å². The van der Waals surface area contributed by atoms with Crippen molar-refractivity contribution in [3.63, 3.8) is 0 Å². The Morgan fingerprint density at radius 1 is 1.56 bits per heavy atom. The zero-order valence-corrected chi connectivity index (χ0v) is 9.47. The number of nitrogens with zero attached hydrogens (tertiary/aromatic N) is 2. The fourth-order valence-electron chi connectivity index (χ4n) is 1.17. The van der Waals surface area contributed by atoms with Crippen molar-refractivity contribution in [3.8, 4) is 0 Å². The summed E-state index contributed by atoms with van der Waals surface area (Å²) < 4.78 is 0. The van der Waals surface area contributed by atoms with Gasteiger partial charge in [0.2, 0.25) is 5.91 Å². The molecule has 0 saturated heterocycles. The molecule has 0 aliphatic rings. The molecule has 0 aliphatic carbocycles. The van der Waals surface area contributed by atoms with Crippen LogP contribution in [0.1, 0.15) is 10.4 Å². The van der Waals surface area contributed by atoms with E-state index >= 15 is 0 Å². The van der Waals surface area contributed by atoms with Crippen molar-refractivity contribution in [1.29, 1.82) is 0 Å². The number of aromatic nitrogens is 1. The van der Waals surface area contributed by atoms with Crippen LogP contribution < -0.4 is 16.4 Å². The lowest BCUT2D eigenvalue weighted by molar-refractivity contribution is -0.385. The molecule has 9 heteroatoms. The highest BCUT2D eigenvalue weighted by Crippen LogP contribution is 2.19. The van der Waals surface area contributed by atoms with E-state index in [0.29, 0.717) is 5.82 Å². The van der Waals surface area contributed by atoms with Gasteiger partial charge in [0.25, 0.3) is 11.6 Å². The highest BCUT2D eigenvalue weighted by atomic mass is 16.6. The van der Waals surface area contributed by atoms with Gasteiger partial charge in [0.05, 0.1) is 11.5 Å². The van der Waals surface area contributed by atoms with Crippen LogP contribution in [0, 0.1) is 10.1 Å². The van der Waals surface area contributed by atoms with Gasteiger partial charge in [0.1, 0.15) is 17.6 Å². The van der Waals surface area contributed by atoms with Gasteiger partial charge < -0.3 is 16.4 Å². The molecule has 1 aromatic heterocycles. The third kappa shape index (κ3) is 3.14. The highest BCUT2D eigenvalue weighted by molar-refractivity contribution is 6.00. The van der Waals surface area contributed by atoms with Crippen molar-refractivity contribution in [2.75, 3.05) is 18.9 Å². The molecule has 96 valence electrons. The Balaban J connectivity index is 3.06. The number of amides is 2.